The number of anilines is 1. The van der Waals surface area contributed by atoms with Gasteiger partial charge in [-0.1, -0.05) is 6.07 Å². The van der Waals surface area contributed by atoms with Gasteiger partial charge in [0, 0.05) is 9.86 Å². The Morgan fingerprint density at radius 3 is 2.31 bits per heavy atom. The molecule has 0 saturated carbocycles. The first-order valence-corrected chi connectivity index (χ1v) is 5.56. The predicted octanol–water partition coefficient (Wildman–Crippen LogP) is 3.20. The van der Waals surface area contributed by atoms with E-state index >= 15 is 0 Å². The summed E-state index contributed by atoms with van der Waals surface area (Å²) in [6, 6.07) is 7.70. The fourth-order valence-electron chi connectivity index (χ4n) is 1.65. The summed E-state index contributed by atoms with van der Waals surface area (Å²) in [6.07, 6.45) is 0. The zero-order valence-corrected chi connectivity index (χ0v) is 10.7. The molecule has 0 bridgehead atoms. The number of benzene rings is 2. The molecule has 2 aromatic rings. The van der Waals surface area contributed by atoms with Gasteiger partial charge >= 0.3 is 0 Å². The predicted molar refractivity (Wildman–Crippen MR) is 69.2 cm³/mol. The number of nitrogens with two attached hydrogens (primary N) is 1. The first kappa shape index (κ1) is 11.1. The molecule has 2 N–H and O–H groups in total. The van der Waals surface area contributed by atoms with Crippen molar-refractivity contribution >= 4 is 32.4 Å². The lowest BCUT2D eigenvalue weighted by molar-refractivity contribution is 0.356. The number of nitrogen functional groups attached to an aromatic ring is 1. The van der Waals surface area contributed by atoms with Gasteiger partial charge in [0.25, 0.3) is 0 Å². The molecule has 0 fully saturated rings. The van der Waals surface area contributed by atoms with Crippen molar-refractivity contribution in [1.82, 2.24) is 0 Å². The molecule has 3 nitrogen and oxygen atoms in total. The zero-order chi connectivity index (χ0) is 11.7. The van der Waals surface area contributed by atoms with Crippen molar-refractivity contribution in [3.05, 3.63) is 28.7 Å². The Labute approximate surface area is 102 Å². The quantitative estimate of drug-likeness (QED) is 0.860. The molecule has 0 atom stereocenters. The number of hydrogen-bond acceptors (Lipinski definition) is 3. The van der Waals surface area contributed by atoms with Crippen molar-refractivity contribution in [3.63, 3.8) is 0 Å². The SMILES string of the molecule is COc1cc2ccc(Br)c(N)c2cc1OC. The van der Waals surface area contributed by atoms with Crippen LogP contribution in [0.4, 0.5) is 5.69 Å². The smallest absolute Gasteiger partial charge is 0.161 e. The average Bonchev–Trinajstić information content (AvgIpc) is 2.32. The van der Waals surface area contributed by atoms with E-state index in [9.17, 15) is 0 Å². The molecule has 0 aliphatic heterocycles. The summed E-state index contributed by atoms with van der Waals surface area (Å²) in [5, 5.41) is 1.98. The molecular formula is C12H12BrNO2. The summed E-state index contributed by atoms with van der Waals surface area (Å²) >= 11 is 3.40. The molecule has 0 aliphatic rings. The summed E-state index contributed by atoms with van der Waals surface area (Å²) in [5.74, 6) is 1.39. The van der Waals surface area contributed by atoms with Crippen molar-refractivity contribution < 1.29 is 9.47 Å². The van der Waals surface area contributed by atoms with Gasteiger partial charge in [0.2, 0.25) is 0 Å². The minimum atomic E-state index is 0.680. The van der Waals surface area contributed by atoms with Crippen molar-refractivity contribution in [2.24, 2.45) is 0 Å². The van der Waals surface area contributed by atoms with Crippen LogP contribution in [0, 0.1) is 0 Å². The Morgan fingerprint density at radius 2 is 1.69 bits per heavy atom. The minimum absolute atomic E-state index is 0.680. The van der Waals surface area contributed by atoms with E-state index < -0.39 is 0 Å². The van der Waals surface area contributed by atoms with E-state index in [0.29, 0.717) is 17.2 Å². The second kappa shape index (κ2) is 4.22. The number of halogens is 1. The second-order valence-electron chi connectivity index (χ2n) is 3.39. The molecule has 0 aliphatic carbocycles. The molecule has 2 aromatic carbocycles. The molecule has 0 amide bonds. The first-order chi connectivity index (χ1) is 7.67. The van der Waals surface area contributed by atoms with Crippen LogP contribution in [0.15, 0.2) is 28.7 Å². The van der Waals surface area contributed by atoms with Crippen LogP contribution in [0.5, 0.6) is 11.5 Å². The average molecular weight is 282 g/mol. The topological polar surface area (TPSA) is 44.5 Å². The van der Waals surface area contributed by atoms with Gasteiger partial charge in [-0.15, -0.1) is 0 Å². The highest BCUT2D eigenvalue weighted by molar-refractivity contribution is 9.10. The number of hydrogen-bond donors (Lipinski definition) is 1. The highest BCUT2D eigenvalue weighted by atomic mass is 79.9. The molecule has 0 spiro atoms. The molecule has 0 unspecified atom stereocenters. The molecule has 0 radical (unpaired) electrons. The fourth-order valence-corrected chi connectivity index (χ4v) is 1.99. The third-order valence-corrected chi connectivity index (χ3v) is 3.20. The minimum Gasteiger partial charge on any atom is -0.493 e. The number of fused-ring (bicyclic) bond motifs is 1. The molecule has 16 heavy (non-hydrogen) atoms. The first-order valence-electron chi connectivity index (χ1n) is 4.77. The lowest BCUT2D eigenvalue weighted by Crippen LogP contribution is -1.93. The molecular weight excluding hydrogens is 270 g/mol. The van der Waals surface area contributed by atoms with Gasteiger partial charge in [-0.2, -0.15) is 0 Å². The summed E-state index contributed by atoms with van der Waals surface area (Å²) in [4.78, 5) is 0. The standard InChI is InChI=1S/C12H12BrNO2/c1-15-10-5-7-3-4-9(13)12(14)8(7)6-11(10)16-2/h3-6H,14H2,1-2H3. The molecule has 0 saturated heterocycles. The van der Waals surface area contributed by atoms with E-state index in [1.54, 1.807) is 14.2 Å². The van der Waals surface area contributed by atoms with E-state index in [2.05, 4.69) is 15.9 Å². The van der Waals surface area contributed by atoms with Crippen LogP contribution >= 0.6 is 15.9 Å². The number of ether oxygens (including phenoxy) is 2. The third-order valence-electron chi connectivity index (χ3n) is 2.51. The molecule has 2 rings (SSSR count). The fraction of sp³-hybridized carbons (Fsp3) is 0.167. The second-order valence-corrected chi connectivity index (χ2v) is 4.24. The van der Waals surface area contributed by atoms with Crippen LogP contribution in [0.2, 0.25) is 0 Å². The normalized spacial score (nSPS) is 10.4. The Hall–Kier alpha value is -1.42. The van der Waals surface area contributed by atoms with E-state index in [-0.39, 0.29) is 0 Å². The van der Waals surface area contributed by atoms with Crippen LogP contribution in [-0.4, -0.2) is 14.2 Å². The third kappa shape index (κ3) is 1.69. The summed E-state index contributed by atoms with van der Waals surface area (Å²) < 4.78 is 11.4. The Morgan fingerprint density at radius 1 is 1.06 bits per heavy atom. The number of methoxy groups -OCH3 is 2. The highest BCUT2D eigenvalue weighted by Crippen LogP contribution is 2.36. The monoisotopic (exact) mass is 281 g/mol. The van der Waals surface area contributed by atoms with Gasteiger partial charge in [0.05, 0.1) is 19.9 Å². The number of rotatable bonds is 2. The largest absolute Gasteiger partial charge is 0.493 e. The van der Waals surface area contributed by atoms with Crippen LogP contribution in [-0.2, 0) is 0 Å². The van der Waals surface area contributed by atoms with Crippen molar-refractivity contribution in [2.75, 3.05) is 20.0 Å². The Bertz CT molecular complexity index is 540. The van der Waals surface area contributed by atoms with Gasteiger partial charge < -0.3 is 15.2 Å². The molecule has 4 heteroatoms. The molecule has 84 valence electrons. The van der Waals surface area contributed by atoms with Crippen LogP contribution in [0.25, 0.3) is 10.8 Å². The van der Waals surface area contributed by atoms with Crippen LogP contribution < -0.4 is 15.2 Å². The summed E-state index contributed by atoms with van der Waals surface area (Å²) in [5.41, 5.74) is 6.70. The van der Waals surface area contributed by atoms with Gasteiger partial charge in [0.15, 0.2) is 11.5 Å². The maximum Gasteiger partial charge on any atom is 0.161 e. The Balaban J connectivity index is 2.78. The van der Waals surface area contributed by atoms with Gasteiger partial charge in [-0.3, -0.25) is 0 Å². The summed E-state index contributed by atoms with van der Waals surface area (Å²) in [7, 11) is 3.23. The van der Waals surface area contributed by atoms with Crippen LogP contribution in [0.3, 0.4) is 0 Å². The lowest BCUT2D eigenvalue weighted by Gasteiger charge is -2.11. The van der Waals surface area contributed by atoms with E-state index in [4.69, 9.17) is 15.2 Å². The van der Waals surface area contributed by atoms with Gasteiger partial charge in [-0.05, 0) is 39.5 Å². The van der Waals surface area contributed by atoms with Gasteiger partial charge in [0.1, 0.15) is 0 Å². The Kier molecular flexibility index (Phi) is 2.92. The van der Waals surface area contributed by atoms with Gasteiger partial charge in [-0.25, -0.2) is 0 Å². The molecule has 0 aromatic heterocycles. The van der Waals surface area contributed by atoms with Crippen molar-refractivity contribution in [1.29, 1.82) is 0 Å². The molecule has 0 heterocycles. The van der Waals surface area contributed by atoms with E-state index in [1.807, 2.05) is 24.3 Å². The maximum absolute atomic E-state index is 5.99. The van der Waals surface area contributed by atoms with E-state index in [1.165, 1.54) is 0 Å². The van der Waals surface area contributed by atoms with Crippen molar-refractivity contribution in [3.8, 4) is 11.5 Å². The highest BCUT2D eigenvalue weighted by Gasteiger charge is 2.09. The van der Waals surface area contributed by atoms with E-state index in [0.717, 1.165) is 15.2 Å². The summed E-state index contributed by atoms with van der Waals surface area (Å²) in [6.45, 7) is 0. The lowest BCUT2D eigenvalue weighted by atomic mass is 10.1. The maximum atomic E-state index is 5.99. The zero-order valence-electron chi connectivity index (χ0n) is 9.08. The van der Waals surface area contributed by atoms with Crippen molar-refractivity contribution in [2.45, 2.75) is 0 Å². The van der Waals surface area contributed by atoms with Crippen LogP contribution in [0.1, 0.15) is 0 Å².